The summed E-state index contributed by atoms with van der Waals surface area (Å²) >= 11 is 15.4. The molecular formula is C19H14Cl2N4O4S3. The lowest BCUT2D eigenvalue weighted by atomic mass is 10.2. The lowest BCUT2D eigenvalue weighted by molar-refractivity contribution is -0.116. The topological polar surface area (TPSA) is 103 Å². The maximum absolute atomic E-state index is 13.1. The predicted molar refractivity (Wildman–Crippen MR) is 129 cm³/mol. The first-order valence-corrected chi connectivity index (χ1v) is 13.2. The van der Waals surface area contributed by atoms with Crippen LogP contribution in [0.25, 0.3) is 10.2 Å². The number of thioether (sulfide) groups is 1. The van der Waals surface area contributed by atoms with E-state index >= 15 is 0 Å². The molecule has 2 aliphatic heterocycles. The summed E-state index contributed by atoms with van der Waals surface area (Å²) in [6.45, 7) is 1.84. The number of halogens is 2. The Labute approximate surface area is 201 Å². The van der Waals surface area contributed by atoms with Crippen LogP contribution in [0.5, 0.6) is 0 Å². The number of para-hydroxylation sites is 1. The van der Waals surface area contributed by atoms with E-state index in [0.717, 1.165) is 22.0 Å². The smallest absolute Gasteiger partial charge is 0.282 e. The van der Waals surface area contributed by atoms with Gasteiger partial charge < -0.3 is 0 Å². The van der Waals surface area contributed by atoms with Gasteiger partial charge in [-0.15, -0.1) is 0 Å². The van der Waals surface area contributed by atoms with Gasteiger partial charge in [0.25, 0.3) is 10.1 Å². The number of carbonyl (C=O) groups excluding carboxylic acids is 1. The van der Waals surface area contributed by atoms with Crippen LogP contribution in [0, 0.1) is 0 Å². The second-order valence-electron chi connectivity index (χ2n) is 7.26. The van der Waals surface area contributed by atoms with Gasteiger partial charge in [0.2, 0.25) is 5.91 Å². The quantitative estimate of drug-likeness (QED) is 0.483. The molecule has 1 N–H and O–H groups in total. The van der Waals surface area contributed by atoms with Crippen LogP contribution in [0.4, 0.5) is 10.8 Å². The van der Waals surface area contributed by atoms with Crippen LogP contribution in [-0.2, 0) is 14.9 Å². The van der Waals surface area contributed by atoms with E-state index in [-0.39, 0.29) is 21.7 Å². The second kappa shape index (κ2) is 7.57. The second-order valence-corrected chi connectivity index (χ2v) is 11.7. The van der Waals surface area contributed by atoms with Crippen LogP contribution in [0.15, 0.2) is 46.4 Å². The molecule has 3 heterocycles. The van der Waals surface area contributed by atoms with Crippen molar-refractivity contribution in [2.75, 3.05) is 15.7 Å². The highest BCUT2D eigenvalue weighted by atomic mass is 35.5. The Morgan fingerprint density at radius 1 is 1.19 bits per heavy atom. The number of amides is 1. The SMILES string of the molecule is CC1=NN(c2cc(Cl)c(S(=O)(=O)O)cc2Cl)C2(C1)SCC(=O)N2c1nc2ccccc2s1. The first-order chi connectivity index (χ1) is 15.1. The predicted octanol–water partition coefficient (Wildman–Crippen LogP) is 4.87. The molecule has 1 spiro atoms. The minimum Gasteiger partial charge on any atom is -0.282 e. The Bertz CT molecular complexity index is 1390. The third kappa shape index (κ3) is 3.39. The number of nitrogens with zero attached hydrogens (tertiary/aromatic N) is 4. The molecule has 2 aromatic carbocycles. The molecule has 1 atom stereocenters. The van der Waals surface area contributed by atoms with Crippen LogP contribution in [0.3, 0.4) is 0 Å². The van der Waals surface area contributed by atoms with Crippen LogP contribution in [0.2, 0.25) is 10.0 Å². The summed E-state index contributed by atoms with van der Waals surface area (Å²) in [4.78, 5) is 17.9. The Balaban J connectivity index is 1.66. The van der Waals surface area contributed by atoms with Crippen molar-refractivity contribution >= 4 is 89.1 Å². The Morgan fingerprint density at radius 2 is 1.94 bits per heavy atom. The summed E-state index contributed by atoms with van der Waals surface area (Å²) in [5.74, 6) is 0.0877. The summed E-state index contributed by atoms with van der Waals surface area (Å²) < 4.78 is 33.6. The molecule has 3 aromatic rings. The average molecular weight is 529 g/mol. The van der Waals surface area contributed by atoms with Gasteiger partial charge in [-0.2, -0.15) is 13.5 Å². The van der Waals surface area contributed by atoms with Crippen molar-refractivity contribution in [2.24, 2.45) is 5.10 Å². The van der Waals surface area contributed by atoms with E-state index in [4.69, 9.17) is 23.2 Å². The van der Waals surface area contributed by atoms with Crippen molar-refractivity contribution in [3.8, 4) is 0 Å². The number of aromatic nitrogens is 1. The van der Waals surface area contributed by atoms with Gasteiger partial charge in [0.15, 0.2) is 10.1 Å². The lowest BCUT2D eigenvalue weighted by Crippen LogP contribution is -2.53. The molecule has 166 valence electrons. The molecular weight excluding hydrogens is 515 g/mol. The normalized spacial score (nSPS) is 21.2. The maximum atomic E-state index is 13.1. The minimum atomic E-state index is -4.56. The van der Waals surface area contributed by atoms with E-state index in [1.165, 1.54) is 29.2 Å². The number of thiazole rings is 1. The van der Waals surface area contributed by atoms with Crippen molar-refractivity contribution < 1.29 is 17.8 Å². The number of fused-ring (bicyclic) bond motifs is 1. The van der Waals surface area contributed by atoms with Crippen LogP contribution < -0.4 is 9.91 Å². The molecule has 0 aliphatic carbocycles. The molecule has 0 radical (unpaired) electrons. The van der Waals surface area contributed by atoms with Gasteiger partial charge >= 0.3 is 0 Å². The molecule has 1 amide bonds. The Hall–Kier alpha value is -1.89. The third-order valence-electron chi connectivity index (χ3n) is 5.09. The first-order valence-electron chi connectivity index (χ1n) is 9.23. The Morgan fingerprint density at radius 3 is 2.66 bits per heavy atom. The number of rotatable bonds is 3. The van der Waals surface area contributed by atoms with Gasteiger partial charge in [-0.25, -0.2) is 9.99 Å². The number of hydrogen-bond acceptors (Lipinski definition) is 8. The lowest BCUT2D eigenvalue weighted by Gasteiger charge is -2.39. The molecule has 8 nitrogen and oxygen atoms in total. The van der Waals surface area contributed by atoms with Gasteiger partial charge in [-0.3, -0.25) is 14.2 Å². The number of carbonyl (C=O) groups is 1. The van der Waals surface area contributed by atoms with Gasteiger partial charge in [0.05, 0.1) is 31.7 Å². The summed E-state index contributed by atoms with van der Waals surface area (Å²) in [5, 5.41) is 6.55. The van der Waals surface area contributed by atoms with Crippen molar-refractivity contribution in [3.63, 3.8) is 0 Å². The van der Waals surface area contributed by atoms with Gasteiger partial charge in [-0.05, 0) is 31.2 Å². The molecule has 0 bridgehead atoms. The van der Waals surface area contributed by atoms with Crippen LogP contribution >= 0.6 is 46.3 Å². The number of benzene rings is 2. The molecule has 1 saturated heterocycles. The first kappa shape index (κ1) is 21.9. The molecule has 32 heavy (non-hydrogen) atoms. The van der Waals surface area contributed by atoms with E-state index in [9.17, 15) is 17.8 Å². The van der Waals surface area contributed by atoms with Crippen LogP contribution in [-0.4, -0.2) is 40.3 Å². The van der Waals surface area contributed by atoms with Gasteiger partial charge in [0.1, 0.15) is 4.90 Å². The van der Waals surface area contributed by atoms with Crippen molar-refractivity contribution in [2.45, 2.75) is 23.2 Å². The fraction of sp³-hybridized carbons (Fsp3) is 0.211. The summed E-state index contributed by atoms with van der Waals surface area (Å²) in [7, 11) is -4.56. The van der Waals surface area contributed by atoms with Crippen LogP contribution in [0.1, 0.15) is 13.3 Å². The van der Waals surface area contributed by atoms with E-state index in [1.54, 1.807) is 9.91 Å². The molecule has 5 rings (SSSR count). The van der Waals surface area contributed by atoms with E-state index in [1.807, 2.05) is 31.2 Å². The molecule has 1 unspecified atom stereocenters. The molecule has 13 heteroatoms. The minimum absolute atomic E-state index is 0.0176. The van der Waals surface area contributed by atoms with E-state index in [2.05, 4.69) is 10.1 Å². The van der Waals surface area contributed by atoms with Crippen molar-refractivity contribution in [1.29, 1.82) is 0 Å². The van der Waals surface area contributed by atoms with E-state index in [0.29, 0.717) is 17.2 Å². The summed E-state index contributed by atoms with van der Waals surface area (Å²) in [5.41, 5.74) is 1.85. The fourth-order valence-corrected chi connectivity index (χ4v) is 7.62. The van der Waals surface area contributed by atoms with Crippen molar-refractivity contribution in [1.82, 2.24) is 4.98 Å². The number of hydrazone groups is 1. The Kier molecular flexibility index (Phi) is 5.19. The molecule has 2 aliphatic rings. The number of hydrogen-bond donors (Lipinski definition) is 1. The highest BCUT2D eigenvalue weighted by Crippen LogP contribution is 2.52. The van der Waals surface area contributed by atoms with E-state index < -0.39 is 20.0 Å². The number of anilines is 2. The van der Waals surface area contributed by atoms with Gasteiger partial charge in [-0.1, -0.05) is 58.4 Å². The largest absolute Gasteiger partial charge is 0.296 e. The van der Waals surface area contributed by atoms with Gasteiger partial charge in [0, 0.05) is 12.1 Å². The zero-order valence-electron chi connectivity index (χ0n) is 16.3. The zero-order chi connectivity index (χ0) is 22.8. The van der Waals surface area contributed by atoms with Crippen molar-refractivity contribution in [3.05, 3.63) is 46.4 Å². The average Bonchev–Trinajstić information content (AvgIpc) is 3.37. The monoisotopic (exact) mass is 528 g/mol. The molecule has 1 aromatic heterocycles. The highest BCUT2D eigenvalue weighted by Gasteiger charge is 2.56. The fourth-order valence-electron chi connectivity index (χ4n) is 3.81. The highest BCUT2D eigenvalue weighted by molar-refractivity contribution is 8.02. The molecule has 0 saturated carbocycles. The maximum Gasteiger partial charge on any atom is 0.296 e. The standard InChI is InChI=1S/C19H14Cl2N4O4S3/c1-10-8-19(25(23-10)14-6-12(21)16(7-11(14)20)32(27,28)29)24(17(26)9-30-19)18-22-13-4-2-3-5-15(13)31-18/h2-7H,8-9H2,1H3,(H,27,28,29). The zero-order valence-corrected chi connectivity index (χ0v) is 20.3. The third-order valence-corrected chi connectivity index (χ3v) is 9.09. The summed E-state index contributed by atoms with van der Waals surface area (Å²) in [6, 6.07) is 10.0. The summed E-state index contributed by atoms with van der Waals surface area (Å²) in [6.07, 6.45) is 0.424. The molecule has 1 fully saturated rings.